The van der Waals surface area contributed by atoms with Crippen molar-refractivity contribution in [3.05, 3.63) is 30.1 Å². The first kappa shape index (κ1) is 14.0. The molecule has 1 heterocycles. The van der Waals surface area contributed by atoms with Gasteiger partial charge in [-0.25, -0.2) is 0 Å². The van der Waals surface area contributed by atoms with Crippen molar-refractivity contribution in [3.8, 4) is 0 Å². The largest absolute Gasteiger partial charge is 0.469 e. The standard InChI is InChI=1S/C16H20N2O3/c1-21-16(20)14-12-5-4-11(7-12)13(14)15(19)18-9-10-3-2-6-17-8-10/h2-3,6,8,11-14H,4-5,7,9H2,1H3,(H,18,19). The van der Waals surface area contributed by atoms with Gasteiger partial charge < -0.3 is 10.1 Å². The molecule has 2 fully saturated rings. The average Bonchev–Trinajstić information content (AvgIpc) is 3.13. The van der Waals surface area contributed by atoms with Crippen LogP contribution in [0.3, 0.4) is 0 Å². The zero-order chi connectivity index (χ0) is 14.8. The van der Waals surface area contributed by atoms with Gasteiger partial charge in [0.15, 0.2) is 0 Å². The zero-order valence-electron chi connectivity index (χ0n) is 12.1. The summed E-state index contributed by atoms with van der Waals surface area (Å²) in [5, 5.41) is 2.95. The fraction of sp³-hybridized carbons (Fsp3) is 0.562. The molecule has 0 spiro atoms. The predicted octanol–water partition coefficient (Wildman–Crippen LogP) is 1.53. The van der Waals surface area contributed by atoms with E-state index in [0.717, 1.165) is 24.8 Å². The van der Waals surface area contributed by atoms with Crippen molar-refractivity contribution in [1.82, 2.24) is 10.3 Å². The number of nitrogens with zero attached hydrogens (tertiary/aromatic N) is 1. The van der Waals surface area contributed by atoms with Gasteiger partial charge in [-0.3, -0.25) is 14.6 Å². The molecular formula is C16H20N2O3. The quantitative estimate of drug-likeness (QED) is 0.853. The fourth-order valence-electron chi connectivity index (χ4n) is 3.95. The summed E-state index contributed by atoms with van der Waals surface area (Å²) in [5.41, 5.74) is 0.962. The van der Waals surface area contributed by atoms with Gasteiger partial charge in [-0.15, -0.1) is 0 Å². The van der Waals surface area contributed by atoms with Crippen molar-refractivity contribution in [2.75, 3.05) is 7.11 Å². The number of hydrogen-bond acceptors (Lipinski definition) is 4. The maximum Gasteiger partial charge on any atom is 0.309 e. The number of carbonyl (C=O) groups is 2. The van der Waals surface area contributed by atoms with Crippen LogP contribution >= 0.6 is 0 Å². The number of esters is 1. The van der Waals surface area contributed by atoms with Crippen molar-refractivity contribution in [1.29, 1.82) is 0 Å². The maximum atomic E-state index is 12.5. The van der Waals surface area contributed by atoms with Gasteiger partial charge in [0.25, 0.3) is 0 Å². The van der Waals surface area contributed by atoms with Crippen LogP contribution in [0.15, 0.2) is 24.5 Å². The topological polar surface area (TPSA) is 68.3 Å². The summed E-state index contributed by atoms with van der Waals surface area (Å²) in [4.78, 5) is 28.5. The molecule has 5 nitrogen and oxygen atoms in total. The molecule has 1 N–H and O–H groups in total. The highest BCUT2D eigenvalue weighted by Gasteiger charge is 2.54. The predicted molar refractivity (Wildman–Crippen MR) is 75.9 cm³/mol. The Morgan fingerprint density at radius 3 is 2.76 bits per heavy atom. The van der Waals surface area contributed by atoms with Crippen LogP contribution in [-0.4, -0.2) is 24.0 Å². The van der Waals surface area contributed by atoms with Gasteiger partial charge in [0.05, 0.1) is 18.9 Å². The Morgan fingerprint density at radius 1 is 1.33 bits per heavy atom. The molecule has 2 bridgehead atoms. The molecule has 112 valence electrons. The SMILES string of the molecule is COC(=O)C1C2CCC(C2)C1C(=O)NCc1cccnc1. The van der Waals surface area contributed by atoms with Gasteiger partial charge in [-0.05, 0) is 42.7 Å². The molecule has 21 heavy (non-hydrogen) atoms. The molecule has 0 saturated heterocycles. The molecule has 0 aliphatic heterocycles. The summed E-state index contributed by atoms with van der Waals surface area (Å²) in [7, 11) is 1.40. The number of ether oxygens (including phenoxy) is 1. The first-order chi connectivity index (χ1) is 10.2. The highest BCUT2D eigenvalue weighted by molar-refractivity contribution is 5.86. The van der Waals surface area contributed by atoms with Crippen LogP contribution in [0.25, 0.3) is 0 Å². The Bertz CT molecular complexity index is 532. The van der Waals surface area contributed by atoms with Gasteiger partial charge in [0, 0.05) is 18.9 Å². The van der Waals surface area contributed by atoms with E-state index < -0.39 is 0 Å². The summed E-state index contributed by atoms with van der Waals surface area (Å²) in [6.07, 6.45) is 6.50. The Balaban J connectivity index is 1.67. The van der Waals surface area contributed by atoms with E-state index in [0.29, 0.717) is 18.4 Å². The van der Waals surface area contributed by atoms with E-state index >= 15 is 0 Å². The van der Waals surface area contributed by atoms with Crippen molar-refractivity contribution in [2.45, 2.75) is 25.8 Å². The number of pyridine rings is 1. The van der Waals surface area contributed by atoms with Crippen LogP contribution in [0.4, 0.5) is 0 Å². The third kappa shape index (κ3) is 2.64. The van der Waals surface area contributed by atoms with Crippen molar-refractivity contribution in [3.63, 3.8) is 0 Å². The molecule has 5 heteroatoms. The smallest absolute Gasteiger partial charge is 0.309 e. The second-order valence-corrected chi connectivity index (χ2v) is 5.99. The Morgan fingerprint density at radius 2 is 2.10 bits per heavy atom. The minimum absolute atomic E-state index is 0.0264. The lowest BCUT2D eigenvalue weighted by Gasteiger charge is -2.28. The summed E-state index contributed by atoms with van der Waals surface area (Å²) in [5.74, 6) is -0.106. The van der Waals surface area contributed by atoms with Crippen LogP contribution in [0.2, 0.25) is 0 Å². The van der Waals surface area contributed by atoms with E-state index in [-0.39, 0.29) is 23.7 Å². The molecule has 1 amide bonds. The number of methoxy groups -OCH3 is 1. The van der Waals surface area contributed by atoms with Gasteiger partial charge >= 0.3 is 5.97 Å². The minimum atomic E-state index is -0.261. The van der Waals surface area contributed by atoms with E-state index in [1.165, 1.54) is 7.11 Å². The summed E-state index contributed by atoms with van der Waals surface area (Å²) >= 11 is 0. The molecule has 1 aromatic heterocycles. The number of carbonyl (C=O) groups excluding carboxylic acids is 2. The summed E-state index contributed by atoms with van der Waals surface area (Å²) in [6, 6.07) is 3.77. The number of rotatable bonds is 4. The number of aromatic nitrogens is 1. The van der Waals surface area contributed by atoms with E-state index in [1.54, 1.807) is 12.4 Å². The average molecular weight is 288 g/mol. The Labute approximate surface area is 124 Å². The van der Waals surface area contributed by atoms with Gasteiger partial charge in [-0.2, -0.15) is 0 Å². The van der Waals surface area contributed by atoms with Crippen molar-refractivity contribution < 1.29 is 14.3 Å². The second-order valence-electron chi connectivity index (χ2n) is 5.99. The zero-order valence-corrected chi connectivity index (χ0v) is 12.1. The third-order valence-electron chi connectivity index (χ3n) is 4.88. The lowest BCUT2D eigenvalue weighted by atomic mass is 9.78. The van der Waals surface area contributed by atoms with E-state index in [4.69, 9.17) is 4.74 Å². The minimum Gasteiger partial charge on any atom is -0.469 e. The third-order valence-corrected chi connectivity index (χ3v) is 4.88. The molecule has 0 radical (unpaired) electrons. The highest BCUT2D eigenvalue weighted by Crippen LogP contribution is 2.52. The Hall–Kier alpha value is -1.91. The molecule has 2 aliphatic rings. The maximum absolute atomic E-state index is 12.5. The van der Waals surface area contributed by atoms with Crippen molar-refractivity contribution in [2.24, 2.45) is 23.7 Å². The number of amides is 1. The van der Waals surface area contributed by atoms with E-state index in [9.17, 15) is 9.59 Å². The van der Waals surface area contributed by atoms with Crippen LogP contribution in [-0.2, 0) is 20.9 Å². The van der Waals surface area contributed by atoms with E-state index in [2.05, 4.69) is 10.3 Å². The molecule has 0 aromatic carbocycles. The molecule has 4 unspecified atom stereocenters. The normalized spacial score (nSPS) is 30.1. The van der Waals surface area contributed by atoms with Crippen LogP contribution in [0.1, 0.15) is 24.8 Å². The van der Waals surface area contributed by atoms with Crippen LogP contribution < -0.4 is 5.32 Å². The van der Waals surface area contributed by atoms with Gasteiger partial charge in [0.2, 0.25) is 5.91 Å². The number of hydrogen-bond donors (Lipinski definition) is 1. The monoisotopic (exact) mass is 288 g/mol. The first-order valence-electron chi connectivity index (χ1n) is 7.45. The number of nitrogens with one attached hydrogen (secondary N) is 1. The number of fused-ring (bicyclic) bond motifs is 2. The lowest BCUT2D eigenvalue weighted by Crippen LogP contribution is -2.41. The van der Waals surface area contributed by atoms with E-state index in [1.807, 2.05) is 12.1 Å². The highest BCUT2D eigenvalue weighted by atomic mass is 16.5. The molecular weight excluding hydrogens is 268 g/mol. The van der Waals surface area contributed by atoms with Crippen LogP contribution in [0, 0.1) is 23.7 Å². The second kappa shape index (κ2) is 5.84. The summed E-state index contributed by atoms with van der Waals surface area (Å²) < 4.78 is 4.90. The lowest BCUT2D eigenvalue weighted by molar-refractivity contribution is -0.152. The molecule has 4 atom stereocenters. The molecule has 1 aromatic rings. The Kier molecular flexibility index (Phi) is 3.90. The molecule has 2 saturated carbocycles. The molecule has 3 rings (SSSR count). The fourth-order valence-corrected chi connectivity index (χ4v) is 3.95. The first-order valence-corrected chi connectivity index (χ1v) is 7.45. The van der Waals surface area contributed by atoms with Crippen LogP contribution in [0.5, 0.6) is 0 Å². The van der Waals surface area contributed by atoms with Crippen molar-refractivity contribution >= 4 is 11.9 Å². The summed E-state index contributed by atoms with van der Waals surface area (Å²) in [6.45, 7) is 0.453. The molecule has 2 aliphatic carbocycles. The van der Waals surface area contributed by atoms with Gasteiger partial charge in [0.1, 0.15) is 0 Å². The van der Waals surface area contributed by atoms with Gasteiger partial charge in [-0.1, -0.05) is 6.07 Å².